The van der Waals surface area contributed by atoms with Gasteiger partial charge in [-0.3, -0.25) is 4.79 Å². The van der Waals surface area contributed by atoms with E-state index in [0.29, 0.717) is 10.2 Å². The predicted octanol–water partition coefficient (Wildman–Crippen LogP) is 2.65. The van der Waals surface area contributed by atoms with E-state index >= 15 is 0 Å². The van der Waals surface area contributed by atoms with E-state index in [1.54, 1.807) is 12.3 Å². The van der Waals surface area contributed by atoms with Gasteiger partial charge in [0.25, 0.3) is 0 Å². The summed E-state index contributed by atoms with van der Waals surface area (Å²) >= 11 is 5.32. The molecule has 0 N–H and O–H groups in total. The molecule has 0 atom stereocenters. The lowest BCUT2D eigenvalue weighted by atomic mass is 10.2. The number of pyridine rings is 1. The first-order valence-corrected chi connectivity index (χ1v) is 4.80. The van der Waals surface area contributed by atoms with Gasteiger partial charge in [-0.2, -0.15) is 0 Å². The molecule has 0 unspecified atom stereocenters. The normalized spacial score (nSPS) is 9.73. The largest absolute Gasteiger partial charge is 0.294 e. The lowest BCUT2D eigenvalue weighted by Gasteiger charge is -1.98. The fraction of sp³-hybridized carbons (Fsp3) is 0.143. The fourth-order valence-corrected chi connectivity index (χ4v) is 1.62. The maximum absolute atomic E-state index is 10.9. The average Bonchev–Trinajstić information content (AvgIpc) is 1.94. The van der Waals surface area contributed by atoms with Crippen LogP contribution in [0.25, 0.3) is 0 Å². The molecule has 0 spiro atoms. The van der Waals surface area contributed by atoms with Gasteiger partial charge in [0, 0.05) is 9.77 Å². The number of carbonyl (C=O) groups excluding carboxylic acids is 1. The average molecular weight is 326 g/mol. The van der Waals surface area contributed by atoms with Gasteiger partial charge in [0.05, 0.1) is 5.56 Å². The number of halogens is 2. The Morgan fingerprint density at radius 1 is 1.73 bits per heavy atom. The molecule has 0 aliphatic heterocycles. The van der Waals surface area contributed by atoms with Crippen molar-refractivity contribution in [2.24, 2.45) is 0 Å². The minimum Gasteiger partial charge on any atom is -0.294 e. The monoisotopic (exact) mass is 325 g/mol. The minimum absolute atomic E-state index is 0.0305. The molecule has 0 saturated carbocycles. The lowest BCUT2D eigenvalue weighted by molar-refractivity contribution is 0.101. The van der Waals surface area contributed by atoms with E-state index < -0.39 is 0 Å². The molecule has 1 rings (SSSR count). The van der Waals surface area contributed by atoms with Crippen LogP contribution in [0.3, 0.4) is 0 Å². The van der Waals surface area contributed by atoms with E-state index in [4.69, 9.17) is 0 Å². The van der Waals surface area contributed by atoms with Gasteiger partial charge in [-0.25, -0.2) is 4.98 Å². The van der Waals surface area contributed by atoms with E-state index in [0.717, 1.165) is 3.57 Å². The van der Waals surface area contributed by atoms with Gasteiger partial charge >= 0.3 is 0 Å². The third kappa shape index (κ3) is 2.23. The maximum atomic E-state index is 10.9. The number of hydrogen-bond donors (Lipinski definition) is 0. The summed E-state index contributed by atoms with van der Waals surface area (Å²) in [7, 11) is 0. The zero-order valence-corrected chi connectivity index (χ0v) is 9.51. The highest BCUT2D eigenvalue weighted by Crippen LogP contribution is 2.16. The Morgan fingerprint density at radius 2 is 2.36 bits per heavy atom. The smallest absolute Gasteiger partial charge is 0.162 e. The van der Waals surface area contributed by atoms with Gasteiger partial charge in [0.1, 0.15) is 4.60 Å². The summed E-state index contributed by atoms with van der Waals surface area (Å²) in [6.45, 7) is 1.53. The molecule has 0 fully saturated rings. The third-order valence-corrected chi connectivity index (χ3v) is 2.41. The number of ketones is 1. The molecule has 0 aliphatic rings. The van der Waals surface area contributed by atoms with Crippen molar-refractivity contribution in [3.8, 4) is 0 Å². The Hall–Kier alpha value is 0.0300. The summed E-state index contributed by atoms with van der Waals surface area (Å²) in [5.74, 6) is 0.0305. The van der Waals surface area contributed by atoms with Gasteiger partial charge in [-0.15, -0.1) is 0 Å². The Balaban J connectivity index is 3.23. The highest BCUT2D eigenvalue weighted by molar-refractivity contribution is 14.1. The topological polar surface area (TPSA) is 30.0 Å². The molecule has 1 aromatic heterocycles. The van der Waals surface area contributed by atoms with Crippen molar-refractivity contribution in [3.63, 3.8) is 0 Å². The van der Waals surface area contributed by atoms with E-state index in [1.165, 1.54) is 6.92 Å². The van der Waals surface area contributed by atoms with Crippen LogP contribution in [0.4, 0.5) is 0 Å². The standard InChI is InChI=1S/C7H5BrINO/c1-4(11)6-2-5(9)3-10-7(6)8/h2-3H,1H3. The highest BCUT2D eigenvalue weighted by Gasteiger charge is 2.05. The van der Waals surface area contributed by atoms with Gasteiger partial charge in [-0.1, -0.05) is 0 Å². The number of aromatic nitrogens is 1. The van der Waals surface area contributed by atoms with E-state index in [2.05, 4.69) is 43.5 Å². The molecule has 58 valence electrons. The van der Waals surface area contributed by atoms with Crippen LogP contribution in [0.2, 0.25) is 0 Å². The van der Waals surface area contributed by atoms with Crippen LogP contribution in [0.15, 0.2) is 16.9 Å². The summed E-state index contributed by atoms with van der Waals surface area (Å²) in [4.78, 5) is 14.9. The van der Waals surface area contributed by atoms with Crippen molar-refractivity contribution in [3.05, 3.63) is 26.0 Å². The van der Waals surface area contributed by atoms with Crippen molar-refractivity contribution in [1.29, 1.82) is 0 Å². The van der Waals surface area contributed by atoms with Crippen molar-refractivity contribution in [2.45, 2.75) is 6.92 Å². The van der Waals surface area contributed by atoms with Crippen LogP contribution >= 0.6 is 38.5 Å². The molecule has 1 aromatic rings. The molecule has 1 heterocycles. The van der Waals surface area contributed by atoms with Crippen molar-refractivity contribution in [2.75, 3.05) is 0 Å². The van der Waals surface area contributed by atoms with E-state index in [-0.39, 0.29) is 5.78 Å². The Labute approximate surface area is 86.7 Å². The second-order valence-electron chi connectivity index (χ2n) is 2.05. The van der Waals surface area contributed by atoms with Crippen LogP contribution in [0, 0.1) is 3.57 Å². The van der Waals surface area contributed by atoms with Crippen molar-refractivity contribution < 1.29 is 4.79 Å². The first-order chi connectivity index (χ1) is 5.11. The first-order valence-electron chi connectivity index (χ1n) is 2.93. The molecule has 0 bridgehead atoms. The second-order valence-corrected chi connectivity index (χ2v) is 4.04. The van der Waals surface area contributed by atoms with Crippen LogP contribution in [0.5, 0.6) is 0 Å². The molecule has 2 nitrogen and oxygen atoms in total. The van der Waals surface area contributed by atoms with Crippen molar-refractivity contribution >= 4 is 44.3 Å². The zero-order chi connectivity index (χ0) is 8.43. The SMILES string of the molecule is CC(=O)c1cc(I)cnc1Br. The van der Waals surface area contributed by atoms with Crippen LogP contribution in [0.1, 0.15) is 17.3 Å². The van der Waals surface area contributed by atoms with Gasteiger partial charge in [0.2, 0.25) is 0 Å². The highest BCUT2D eigenvalue weighted by atomic mass is 127. The molecular weight excluding hydrogens is 321 g/mol. The molecule has 11 heavy (non-hydrogen) atoms. The molecule has 0 radical (unpaired) electrons. The molecular formula is C7H5BrINO. The van der Waals surface area contributed by atoms with Crippen LogP contribution in [-0.4, -0.2) is 10.8 Å². The Morgan fingerprint density at radius 3 is 2.82 bits per heavy atom. The summed E-state index contributed by atoms with van der Waals surface area (Å²) < 4.78 is 1.58. The second kappa shape index (κ2) is 3.62. The van der Waals surface area contributed by atoms with Crippen LogP contribution < -0.4 is 0 Å². The predicted molar refractivity (Wildman–Crippen MR) is 54.7 cm³/mol. The van der Waals surface area contributed by atoms with Crippen LogP contribution in [-0.2, 0) is 0 Å². The van der Waals surface area contributed by atoms with Gasteiger partial charge in [0.15, 0.2) is 5.78 Å². The maximum Gasteiger partial charge on any atom is 0.162 e. The summed E-state index contributed by atoms with van der Waals surface area (Å²) in [5.41, 5.74) is 0.636. The molecule has 0 aliphatic carbocycles. The molecule has 0 amide bonds. The first kappa shape index (κ1) is 9.12. The number of Topliss-reactive ketones (excluding diaryl/α,β-unsaturated/α-hetero) is 1. The van der Waals surface area contributed by atoms with Crippen molar-refractivity contribution in [1.82, 2.24) is 4.98 Å². The zero-order valence-electron chi connectivity index (χ0n) is 5.77. The van der Waals surface area contributed by atoms with E-state index in [1.807, 2.05) is 0 Å². The molecule has 4 heteroatoms. The summed E-state index contributed by atoms with van der Waals surface area (Å²) in [6, 6.07) is 1.81. The van der Waals surface area contributed by atoms with Gasteiger partial charge in [-0.05, 0) is 51.5 Å². The fourth-order valence-electron chi connectivity index (χ4n) is 0.669. The van der Waals surface area contributed by atoms with Gasteiger partial charge < -0.3 is 0 Å². The number of hydrogen-bond acceptors (Lipinski definition) is 2. The quantitative estimate of drug-likeness (QED) is 0.451. The molecule has 0 saturated heterocycles. The minimum atomic E-state index is 0.0305. The number of rotatable bonds is 1. The third-order valence-electron chi connectivity index (χ3n) is 1.18. The molecule has 0 aromatic carbocycles. The lowest BCUT2D eigenvalue weighted by Crippen LogP contribution is -1.96. The summed E-state index contributed by atoms with van der Waals surface area (Å²) in [6.07, 6.45) is 1.71. The summed E-state index contributed by atoms with van der Waals surface area (Å²) in [5, 5.41) is 0. The Kier molecular flexibility index (Phi) is 3.00. The number of carbonyl (C=O) groups is 1. The number of nitrogens with zero attached hydrogens (tertiary/aromatic N) is 1. The Bertz CT molecular complexity index is 300. The van der Waals surface area contributed by atoms with E-state index in [9.17, 15) is 4.79 Å².